The molecule has 2 aliphatic rings. The van der Waals surface area contributed by atoms with Crippen LogP contribution in [0.25, 0.3) is 0 Å². The average molecular weight is 240 g/mol. The second kappa shape index (κ2) is 3.43. The van der Waals surface area contributed by atoms with Crippen LogP contribution in [-0.4, -0.2) is 51.2 Å². The van der Waals surface area contributed by atoms with Crippen molar-refractivity contribution in [2.75, 3.05) is 13.1 Å². The molecule has 17 heavy (non-hydrogen) atoms. The van der Waals surface area contributed by atoms with Crippen LogP contribution in [0.1, 0.15) is 27.7 Å². The van der Waals surface area contributed by atoms with Gasteiger partial charge in [0, 0.05) is 6.54 Å². The van der Waals surface area contributed by atoms with E-state index in [9.17, 15) is 10.0 Å². The second-order valence-corrected chi connectivity index (χ2v) is 5.66. The standard InChI is InChI=1S/C11H18N3O3/c1-10(2)9-12-5-7(8(15)16)6-13(9)11(3,4)14(10)17/h7H,5-6H2,1-4H3,(H,15,16). The van der Waals surface area contributed by atoms with Crippen LogP contribution in [-0.2, 0) is 10.0 Å². The molecule has 0 aliphatic carbocycles. The van der Waals surface area contributed by atoms with Gasteiger partial charge in [0.15, 0.2) is 0 Å². The first kappa shape index (κ1) is 12.3. The molecule has 2 heterocycles. The zero-order valence-electron chi connectivity index (χ0n) is 10.6. The van der Waals surface area contributed by atoms with Gasteiger partial charge in [0.05, 0.1) is 12.5 Å². The van der Waals surface area contributed by atoms with Crippen LogP contribution < -0.4 is 0 Å². The van der Waals surface area contributed by atoms with Crippen LogP contribution in [0, 0.1) is 5.92 Å². The van der Waals surface area contributed by atoms with Crippen molar-refractivity contribution in [2.24, 2.45) is 10.9 Å². The minimum absolute atomic E-state index is 0.258. The van der Waals surface area contributed by atoms with Gasteiger partial charge in [-0.05, 0) is 27.7 Å². The third-order valence-corrected chi connectivity index (χ3v) is 3.68. The predicted octanol–water partition coefficient (Wildman–Crippen LogP) is 0.577. The molecule has 0 spiro atoms. The molecule has 1 saturated heterocycles. The highest BCUT2D eigenvalue weighted by molar-refractivity contribution is 5.94. The molecule has 6 heteroatoms. The zero-order chi connectivity index (χ0) is 13.0. The Labute approximate surface area is 100 Å². The maximum atomic E-state index is 12.2. The van der Waals surface area contributed by atoms with E-state index in [0.29, 0.717) is 12.4 Å². The van der Waals surface area contributed by atoms with Crippen molar-refractivity contribution in [3.05, 3.63) is 0 Å². The number of aliphatic carboxylic acids is 1. The van der Waals surface area contributed by atoms with Crippen molar-refractivity contribution in [3.8, 4) is 0 Å². The van der Waals surface area contributed by atoms with Gasteiger partial charge in [0.25, 0.3) is 0 Å². The van der Waals surface area contributed by atoms with Crippen LogP contribution in [0.2, 0.25) is 0 Å². The number of amidine groups is 1. The van der Waals surface area contributed by atoms with Crippen LogP contribution >= 0.6 is 0 Å². The quantitative estimate of drug-likeness (QED) is 0.727. The Morgan fingerprint density at radius 2 is 2.00 bits per heavy atom. The highest BCUT2D eigenvalue weighted by atomic mass is 16.5. The maximum Gasteiger partial charge on any atom is 0.310 e. The molecule has 0 bridgehead atoms. The first-order valence-corrected chi connectivity index (χ1v) is 5.72. The zero-order valence-corrected chi connectivity index (χ0v) is 10.6. The first-order valence-electron chi connectivity index (χ1n) is 5.72. The summed E-state index contributed by atoms with van der Waals surface area (Å²) in [6, 6.07) is 0. The Morgan fingerprint density at radius 1 is 1.41 bits per heavy atom. The lowest BCUT2D eigenvalue weighted by Gasteiger charge is -2.37. The molecule has 1 radical (unpaired) electrons. The summed E-state index contributed by atoms with van der Waals surface area (Å²) in [6.07, 6.45) is 0. The molecule has 0 amide bonds. The smallest absolute Gasteiger partial charge is 0.310 e. The van der Waals surface area contributed by atoms with E-state index in [1.807, 2.05) is 18.7 Å². The van der Waals surface area contributed by atoms with E-state index in [2.05, 4.69) is 4.99 Å². The molecule has 6 nitrogen and oxygen atoms in total. The lowest BCUT2D eigenvalue weighted by Crippen LogP contribution is -2.52. The summed E-state index contributed by atoms with van der Waals surface area (Å²) in [4.78, 5) is 17.1. The number of carboxylic acid groups (broad SMARTS) is 1. The summed E-state index contributed by atoms with van der Waals surface area (Å²) in [5.74, 6) is -0.680. The van der Waals surface area contributed by atoms with Gasteiger partial charge in [-0.1, -0.05) is 0 Å². The second-order valence-electron chi connectivity index (χ2n) is 5.66. The lowest BCUT2D eigenvalue weighted by molar-refractivity contribution is -0.258. The predicted molar refractivity (Wildman–Crippen MR) is 60.8 cm³/mol. The average Bonchev–Trinajstić information content (AvgIpc) is 2.38. The van der Waals surface area contributed by atoms with E-state index in [-0.39, 0.29) is 6.54 Å². The summed E-state index contributed by atoms with van der Waals surface area (Å²) in [6.45, 7) is 7.85. The number of carboxylic acids is 1. The van der Waals surface area contributed by atoms with Crippen molar-refractivity contribution in [1.82, 2.24) is 9.96 Å². The van der Waals surface area contributed by atoms with E-state index in [0.717, 1.165) is 5.06 Å². The minimum atomic E-state index is -0.856. The molecule has 1 unspecified atom stereocenters. The SMILES string of the molecule is CC1(C)C2=NCC(C(=O)O)CN2C(C)(C)N1[O]. The van der Waals surface area contributed by atoms with Crippen LogP contribution in [0.15, 0.2) is 4.99 Å². The molecule has 1 N–H and O–H groups in total. The number of hydrogen-bond acceptors (Lipinski definition) is 4. The van der Waals surface area contributed by atoms with Crippen LogP contribution in [0.3, 0.4) is 0 Å². The molecular formula is C11H18N3O3. The van der Waals surface area contributed by atoms with Gasteiger partial charge in [-0.25, -0.2) is 0 Å². The number of rotatable bonds is 1. The van der Waals surface area contributed by atoms with Gasteiger partial charge >= 0.3 is 5.97 Å². The number of hydroxylamine groups is 2. The van der Waals surface area contributed by atoms with E-state index < -0.39 is 23.1 Å². The summed E-state index contributed by atoms with van der Waals surface area (Å²) in [5.41, 5.74) is -1.43. The fourth-order valence-electron chi connectivity index (χ4n) is 2.69. The molecule has 2 aliphatic heterocycles. The van der Waals surface area contributed by atoms with Crippen LogP contribution in [0.5, 0.6) is 0 Å². The highest BCUT2D eigenvalue weighted by Gasteiger charge is 2.57. The number of hydrogen-bond donors (Lipinski definition) is 1. The van der Waals surface area contributed by atoms with Crippen molar-refractivity contribution < 1.29 is 15.1 Å². The van der Waals surface area contributed by atoms with Gasteiger partial charge in [-0.15, -0.1) is 10.3 Å². The van der Waals surface area contributed by atoms with Gasteiger partial charge in [0.2, 0.25) is 0 Å². The molecule has 0 aromatic carbocycles. The number of nitrogens with zero attached hydrogens (tertiary/aromatic N) is 3. The van der Waals surface area contributed by atoms with Crippen molar-refractivity contribution in [3.63, 3.8) is 0 Å². The topological polar surface area (TPSA) is 76.0 Å². The largest absolute Gasteiger partial charge is 0.481 e. The number of fused-ring (bicyclic) bond motifs is 1. The molecule has 1 atom stereocenters. The third kappa shape index (κ3) is 1.55. The Kier molecular flexibility index (Phi) is 2.48. The summed E-state index contributed by atoms with van der Waals surface area (Å²) >= 11 is 0. The third-order valence-electron chi connectivity index (χ3n) is 3.68. The molecule has 0 aromatic rings. The van der Waals surface area contributed by atoms with Gasteiger partial charge in [0.1, 0.15) is 17.0 Å². The van der Waals surface area contributed by atoms with Crippen molar-refractivity contribution >= 4 is 11.8 Å². The van der Waals surface area contributed by atoms with Crippen molar-refractivity contribution in [2.45, 2.75) is 38.9 Å². The van der Waals surface area contributed by atoms with Gasteiger partial charge in [-0.3, -0.25) is 9.79 Å². The first-order chi connectivity index (χ1) is 7.69. The minimum Gasteiger partial charge on any atom is -0.481 e. The fourth-order valence-corrected chi connectivity index (χ4v) is 2.69. The van der Waals surface area contributed by atoms with Crippen molar-refractivity contribution in [1.29, 1.82) is 0 Å². The Morgan fingerprint density at radius 3 is 2.53 bits per heavy atom. The lowest BCUT2D eigenvalue weighted by atomic mass is 10.0. The molecule has 1 fully saturated rings. The molecule has 0 aromatic heterocycles. The number of aliphatic imine (C=N–C) groups is 1. The van der Waals surface area contributed by atoms with E-state index >= 15 is 0 Å². The van der Waals surface area contributed by atoms with Gasteiger partial charge in [-0.2, -0.15) is 0 Å². The summed E-state index contributed by atoms with van der Waals surface area (Å²) < 4.78 is 0. The summed E-state index contributed by atoms with van der Waals surface area (Å²) in [5, 5.41) is 22.3. The number of carbonyl (C=O) groups is 1. The normalized spacial score (nSPS) is 31.0. The van der Waals surface area contributed by atoms with Crippen LogP contribution in [0.4, 0.5) is 0 Å². The molecule has 2 rings (SSSR count). The van der Waals surface area contributed by atoms with Gasteiger partial charge < -0.3 is 10.0 Å². The monoisotopic (exact) mass is 240 g/mol. The highest BCUT2D eigenvalue weighted by Crippen LogP contribution is 2.39. The Bertz CT molecular complexity index is 389. The summed E-state index contributed by atoms with van der Waals surface area (Å²) in [7, 11) is 0. The Balaban J connectivity index is 2.40. The van der Waals surface area contributed by atoms with E-state index in [1.54, 1.807) is 13.8 Å². The fraction of sp³-hybridized carbons (Fsp3) is 0.818. The maximum absolute atomic E-state index is 12.2. The molecular weight excluding hydrogens is 222 g/mol. The van der Waals surface area contributed by atoms with E-state index in [4.69, 9.17) is 5.11 Å². The van der Waals surface area contributed by atoms with E-state index in [1.165, 1.54) is 0 Å². The molecule has 95 valence electrons. The Hall–Kier alpha value is -1.14. The molecule has 0 saturated carbocycles.